The molecule has 5 nitrogen and oxygen atoms in total. The van der Waals surface area contributed by atoms with Gasteiger partial charge in [0.2, 0.25) is 0 Å². The van der Waals surface area contributed by atoms with Crippen LogP contribution in [0.1, 0.15) is 13.3 Å². The van der Waals surface area contributed by atoms with Crippen LogP contribution in [0.2, 0.25) is 0 Å². The van der Waals surface area contributed by atoms with E-state index in [2.05, 4.69) is 6.58 Å². The van der Waals surface area contributed by atoms with Crippen molar-refractivity contribution >= 4 is 12.1 Å². The number of rotatable bonds is 3. The highest BCUT2D eigenvalue weighted by atomic mass is 16.6. The third kappa shape index (κ3) is 2.01. The summed E-state index contributed by atoms with van der Waals surface area (Å²) in [6.45, 7) is 6.84. The van der Waals surface area contributed by atoms with Crippen molar-refractivity contribution in [2.45, 2.75) is 19.4 Å². The minimum absolute atomic E-state index is 0.0108. The van der Waals surface area contributed by atoms with Gasteiger partial charge in [-0.1, -0.05) is 12.2 Å². The predicted octanol–water partition coefficient (Wildman–Crippen LogP) is 1.19. The molecule has 0 spiro atoms. The molecule has 2 fully saturated rings. The van der Waals surface area contributed by atoms with Crippen LogP contribution in [0.25, 0.3) is 0 Å². The molecule has 0 aliphatic carbocycles. The number of hydrogen-bond acceptors (Lipinski definition) is 4. The Labute approximate surface area is 100 Å². The van der Waals surface area contributed by atoms with Gasteiger partial charge in [0.05, 0.1) is 19.6 Å². The van der Waals surface area contributed by atoms with Crippen molar-refractivity contribution in [1.29, 1.82) is 0 Å². The molecule has 2 rings (SSSR count). The molecule has 0 aromatic rings. The van der Waals surface area contributed by atoms with E-state index in [-0.39, 0.29) is 29.9 Å². The van der Waals surface area contributed by atoms with E-state index in [0.29, 0.717) is 19.6 Å². The van der Waals surface area contributed by atoms with E-state index in [1.54, 1.807) is 4.90 Å². The van der Waals surface area contributed by atoms with E-state index >= 15 is 0 Å². The summed E-state index contributed by atoms with van der Waals surface area (Å²) >= 11 is 0. The summed E-state index contributed by atoms with van der Waals surface area (Å²) in [5.41, 5.74) is 1.00. The molecule has 2 saturated heterocycles. The van der Waals surface area contributed by atoms with Crippen molar-refractivity contribution in [2.24, 2.45) is 11.8 Å². The lowest BCUT2D eigenvalue weighted by Crippen LogP contribution is -2.31. The lowest BCUT2D eigenvalue weighted by Gasteiger charge is -2.20. The summed E-state index contributed by atoms with van der Waals surface area (Å²) in [6, 6.07) is -0.0108. The van der Waals surface area contributed by atoms with Gasteiger partial charge in [-0.05, 0) is 6.92 Å². The van der Waals surface area contributed by atoms with Crippen LogP contribution in [-0.2, 0) is 14.3 Å². The zero-order chi connectivity index (χ0) is 12.6. The molecule has 0 aromatic carbocycles. The normalized spacial score (nSPS) is 31.1. The van der Waals surface area contributed by atoms with Crippen LogP contribution < -0.4 is 0 Å². The molecule has 0 unspecified atom stereocenters. The fraction of sp³-hybridized carbons (Fsp3) is 0.667. The van der Waals surface area contributed by atoms with Gasteiger partial charge in [-0.25, -0.2) is 4.79 Å². The Bertz CT molecular complexity index is 366. The zero-order valence-corrected chi connectivity index (χ0v) is 10.1. The third-order valence-electron chi connectivity index (χ3n) is 3.68. The van der Waals surface area contributed by atoms with Crippen molar-refractivity contribution in [3.8, 4) is 0 Å². The van der Waals surface area contributed by atoms with Gasteiger partial charge >= 0.3 is 12.1 Å². The maximum Gasteiger partial charge on any atom is 0.410 e. The molecule has 0 saturated carbocycles. The van der Waals surface area contributed by atoms with Crippen LogP contribution >= 0.6 is 0 Å². The van der Waals surface area contributed by atoms with Gasteiger partial charge in [0.1, 0.15) is 6.61 Å². The molecular formula is C12H17NO4. The lowest BCUT2D eigenvalue weighted by molar-refractivity contribution is -0.142. The first-order valence-corrected chi connectivity index (χ1v) is 5.70. The number of esters is 1. The molecule has 17 heavy (non-hydrogen) atoms. The Hall–Kier alpha value is -1.52. The van der Waals surface area contributed by atoms with E-state index in [0.717, 1.165) is 5.57 Å². The highest BCUT2D eigenvalue weighted by molar-refractivity contribution is 5.73. The molecule has 0 bridgehead atoms. The number of carbonyl (C=O) groups is 2. The highest BCUT2D eigenvalue weighted by Crippen LogP contribution is 2.39. The fourth-order valence-electron chi connectivity index (χ4n) is 2.72. The first kappa shape index (κ1) is 12.0. The zero-order valence-electron chi connectivity index (χ0n) is 10.1. The number of fused-ring (bicyclic) bond motifs is 1. The molecule has 0 aromatic heterocycles. The highest BCUT2D eigenvalue weighted by Gasteiger charge is 2.49. The molecule has 0 N–H and O–H groups in total. The summed E-state index contributed by atoms with van der Waals surface area (Å²) < 4.78 is 9.70. The maximum absolute atomic E-state index is 11.5. The van der Waals surface area contributed by atoms with Gasteiger partial charge in [-0.15, -0.1) is 0 Å². The summed E-state index contributed by atoms with van der Waals surface area (Å²) in [5, 5.41) is 0. The number of hydrogen-bond donors (Lipinski definition) is 0. The van der Waals surface area contributed by atoms with Gasteiger partial charge < -0.3 is 14.4 Å². The maximum atomic E-state index is 11.5. The molecule has 2 aliphatic heterocycles. The second kappa shape index (κ2) is 4.39. The summed E-state index contributed by atoms with van der Waals surface area (Å²) in [7, 11) is 1.38. The molecule has 94 valence electrons. The lowest BCUT2D eigenvalue weighted by atomic mass is 9.84. The molecule has 2 aliphatic rings. The number of nitrogens with zero attached hydrogens (tertiary/aromatic N) is 1. The van der Waals surface area contributed by atoms with Crippen molar-refractivity contribution in [3.63, 3.8) is 0 Å². The Kier molecular flexibility index (Phi) is 3.09. The molecule has 5 heteroatoms. The largest absolute Gasteiger partial charge is 0.469 e. The Morgan fingerprint density at radius 1 is 1.65 bits per heavy atom. The molecule has 3 atom stereocenters. The van der Waals surface area contributed by atoms with Crippen LogP contribution in [0, 0.1) is 11.8 Å². The van der Waals surface area contributed by atoms with Crippen LogP contribution in [-0.4, -0.2) is 43.3 Å². The number of ether oxygens (including phenoxy) is 2. The monoisotopic (exact) mass is 239 g/mol. The quantitative estimate of drug-likeness (QED) is 0.548. The molecule has 2 heterocycles. The number of amides is 1. The van der Waals surface area contributed by atoms with Crippen molar-refractivity contribution < 1.29 is 19.1 Å². The average Bonchev–Trinajstić information content (AvgIpc) is 2.81. The number of cyclic esters (lactones) is 1. The summed E-state index contributed by atoms with van der Waals surface area (Å²) in [5.74, 6) is -0.0270. The Balaban J connectivity index is 2.16. The van der Waals surface area contributed by atoms with Gasteiger partial charge in [-0.2, -0.15) is 0 Å². The smallest absolute Gasteiger partial charge is 0.410 e. The minimum atomic E-state index is -0.284. The SMILES string of the molecule is C=C(C)[C@H]1CN2C(=O)OC[C@@H]2[C@@H]1CC(=O)OC. The molecule has 1 amide bonds. The second-order valence-corrected chi connectivity index (χ2v) is 4.69. The fourth-order valence-corrected chi connectivity index (χ4v) is 2.72. The van der Waals surface area contributed by atoms with Crippen LogP contribution in [0.5, 0.6) is 0 Å². The van der Waals surface area contributed by atoms with Gasteiger partial charge in [0.25, 0.3) is 0 Å². The van der Waals surface area contributed by atoms with E-state index in [4.69, 9.17) is 9.47 Å². The standard InChI is InChI=1S/C12H17NO4/c1-7(2)9-5-13-10(6-17-12(13)15)8(9)4-11(14)16-3/h8-10H,1,4-6H2,2-3H3/t8-,9-,10-/m1/s1. The third-order valence-corrected chi connectivity index (χ3v) is 3.68. The van der Waals surface area contributed by atoms with E-state index in [1.807, 2.05) is 6.92 Å². The molecular weight excluding hydrogens is 222 g/mol. The van der Waals surface area contributed by atoms with Crippen molar-refractivity contribution in [3.05, 3.63) is 12.2 Å². The topological polar surface area (TPSA) is 55.8 Å². The van der Waals surface area contributed by atoms with E-state index in [9.17, 15) is 9.59 Å². The van der Waals surface area contributed by atoms with Gasteiger partial charge in [-0.3, -0.25) is 4.79 Å². The first-order chi connectivity index (χ1) is 8.04. The average molecular weight is 239 g/mol. The van der Waals surface area contributed by atoms with Crippen molar-refractivity contribution in [2.75, 3.05) is 20.3 Å². The Morgan fingerprint density at radius 2 is 2.35 bits per heavy atom. The minimum Gasteiger partial charge on any atom is -0.469 e. The summed E-state index contributed by atoms with van der Waals surface area (Å²) in [4.78, 5) is 24.6. The van der Waals surface area contributed by atoms with Gasteiger partial charge in [0, 0.05) is 18.4 Å². The summed E-state index contributed by atoms with van der Waals surface area (Å²) in [6.07, 6.45) is 0.0277. The second-order valence-electron chi connectivity index (χ2n) is 4.69. The number of carbonyl (C=O) groups excluding carboxylic acids is 2. The number of methoxy groups -OCH3 is 1. The van der Waals surface area contributed by atoms with Crippen molar-refractivity contribution in [1.82, 2.24) is 4.90 Å². The Morgan fingerprint density at radius 3 is 2.94 bits per heavy atom. The first-order valence-electron chi connectivity index (χ1n) is 5.70. The van der Waals surface area contributed by atoms with Gasteiger partial charge in [0.15, 0.2) is 0 Å². The molecule has 0 radical (unpaired) electrons. The van der Waals surface area contributed by atoms with Crippen LogP contribution in [0.3, 0.4) is 0 Å². The van der Waals surface area contributed by atoms with E-state index in [1.165, 1.54) is 7.11 Å². The predicted molar refractivity (Wildman–Crippen MR) is 60.3 cm³/mol. The van der Waals surface area contributed by atoms with E-state index < -0.39 is 0 Å². The van der Waals surface area contributed by atoms with Crippen LogP contribution in [0.15, 0.2) is 12.2 Å². The van der Waals surface area contributed by atoms with Crippen LogP contribution in [0.4, 0.5) is 4.79 Å².